The molecule has 4 nitrogen and oxygen atoms in total. The second-order valence-electron chi connectivity index (χ2n) is 7.14. The van der Waals surface area contributed by atoms with Crippen molar-refractivity contribution >= 4 is 24.8 Å². The maximum Gasteiger partial charge on any atom is 0.141 e. The van der Waals surface area contributed by atoms with E-state index in [1.807, 2.05) is 18.2 Å². The van der Waals surface area contributed by atoms with Crippen molar-refractivity contribution in [1.82, 2.24) is 4.98 Å². The highest BCUT2D eigenvalue weighted by Crippen LogP contribution is 2.30. The zero-order valence-corrected chi connectivity index (χ0v) is 16.4. The zero-order valence-electron chi connectivity index (χ0n) is 16.4. The maximum absolute atomic E-state index is 6.00. The lowest BCUT2D eigenvalue weighted by molar-refractivity contribution is 0.415. The molecule has 2 aromatic carbocycles. The van der Waals surface area contributed by atoms with Gasteiger partial charge in [-0.25, -0.2) is 0 Å². The van der Waals surface area contributed by atoms with Gasteiger partial charge in [-0.3, -0.25) is 4.98 Å². The van der Waals surface area contributed by atoms with Crippen LogP contribution in [0.4, 0.5) is 11.4 Å². The molecular formula is C23H24BN3O. The Bertz CT molecular complexity index is 933. The van der Waals surface area contributed by atoms with Crippen LogP contribution < -0.4 is 20.1 Å². The number of aromatic nitrogens is 1. The standard InChI is InChI=1S/C23H24BN3O/c1-17-3-5-18(6-4-17)23-21(11-12-22(24)25-23)27-15-13-26(14-16-27)19-7-9-20(28-2)10-8-19/h3-12H,13-16H2,1-2H3. The van der Waals surface area contributed by atoms with Crippen molar-refractivity contribution in [2.24, 2.45) is 0 Å². The number of anilines is 2. The van der Waals surface area contributed by atoms with Gasteiger partial charge in [0.25, 0.3) is 0 Å². The van der Waals surface area contributed by atoms with Crippen LogP contribution in [0.5, 0.6) is 5.75 Å². The summed E-state index contributed by atoms with van der Waals surface area (Å²) in [7, 11) is 7.69. The van der Waals surface area contributed by atoms with E-state index in [4.69, 9.17) is 12.6 Å². The summed E-state index contributed by atoms with van der Waals surface area (Å²) in [5, 5.41) is 0. The van der Waals surface area contributed by atoms with E-state index in [1.54, 1.807) is 7.11 Å². The highest BCUT2D eigenvalue weighted by atomic mass is 16.5. The first-order valence-corrected chi connectivity index (χ1v) is 9.61. The van der Waals surface area contributed by atoms with Gasteiger partial charge >= 0.3 is 0 Å². The first kappa shape index (κ1) is 18.4. The van der Waals surface area contributed by atoms with Crippen LogP contribution in [-0.2, 0) is 0 Å². The van der Waals surface area contributed by atoms with E-state index in [1.165, 1.54) is 11.3 Å². The van der Waals surface area contributed by atoms with Crippen molar-refractivity contribution in [2.45, 2.75) is 6.92 Å². The van der Waals surface area contributed by atoms with Gasteiger partial charge in [0.15, 0.2) is 0 Å². The Morgan fingerprint density at radius 2 is 1.46 bits per heavy atom. The summed E-state index contributed by atoms with van der Waals surface area (Å²) in [5.74, 6) is 0.887. The van der Waals surface area contributed by atoms with Crippen LogP contribution in [0.1, 0.15) is 5.56 Å². The Hall–Kier alpha value is -2.95. The number of hydrogen-bond donors (Lipinski definition) is 0. The molecule has 4 rings (SSSR count). The Morgan fingerprint density at radius 3 is 2.11 bits per heavy atom. The van der Waals surface area contributed by atoms with E-state index < -0.39 is 0 Å². The topological polar surface area (TPSA) is 28.6 Å². The molecule has 0 spiro atoms. The first-order valence-electron chi connectivity index (χ1n) is 9.61. The summed E-state index contributed by atoms with van der Waals surface area (Å²) < 4.78 is 5.26. The average molecular weight is 369 g/mol. The van der Waals surface area contributed by atoms with Crippen LogP contribution in [0.25, 0.3) is 11.3 Å². The van der Waals surface area contributed by atoms with Gasteiger partial charge in [0.2, 0.25) is 0 Å². The van der Waals surface area contributed by atoms with Gasteiger partial charge < -0.3 is 14.5 Å². The summed E-state index contributed by atoms with van der Waals surface area (Å²) in [6.45, 7) is 5.90. The molecule has 1 aliphatic rings. The highest BCUT2D eigenvalue weighted by molar-refractivity contribution is 6.30. The molecule has 2 radical (unpaired) electrons. The lowest BCUT2D eigenvalue weighted by atomic mass is 10.00. The molecule has 3 aromatic rings. The van der Waals surface area contributed by atoms with Crippen LogP contribution in [0.3, 0.4) is 0 Å². The van der Waals surface area contributed by atoms with Crippen LogP contribution in [0.15, 0.2) is 60.7 Å². The normalized spacial score (nSPS) is 14.2. The van der Waals surface area contributed by atoms with Gasteiger partial charge in [0.05, 0.1) is 18.5 Å². The summed E-state index contributed by atoms with van der Waals surface area (Å²) in [6, 6.07) is 20.7. The van der Waals surface area contributed by atoms with Crippen LogP contribution in [0, 0.1) is 6.92 Å². The van der Waals surface area contributed by atoms with Gasteiger partial charge in [0, 0.05) is 37.4 Å². The predicted molar refractivity (Wildman–Crippen MR) is 117 cm³/mol. The van der Waals surface area contributed by atoms with Crippen LogP contribution >= 0.6 is 0 Å². The number of piperazine rings is 1. The molecule has 28 heavy (non-hydrogen) atoms. The minimum atomic E-state index is 0.552. The average Bonchev–Trinajstić information content (AvgIpc) is 2.74. The van der Waals surface area contributed by atoms with Crippen molar-refractivity contribution in [3.63, 3.8) is 0 Å². The third-order valence-electron chi connectivity index (χ3n) is 5.28. The zero-order chi connectivity index (χ0) is 19.5. The SMILES string of the molecule is [B]c1ccc(N2CCN(c3ccc(OC)cc3)CC2)c(-c2ccc(C)cc2)n1. The van der Waals surface area contributed by atoms with Gasteiger partial charge in [-0.1, -0.05) is 29.8 Å². The van der Waals surface area contributed by atoms with Gasteiger partial charge in [-0.2, -0.15) is 0 Å². The molecule has 2 heterocycles. The molecule has 1 saturated heterocycles. The van der Waals surface area contributed by atoms with Crippen molar-refractivity contribution in [3.05, 3.63) is 66.2 Å². The fourth-order valence-corrected chi connectivity index (χ4v) is 3.64. The fourth-order valence-electron chi connectivity index (χ4n) is 3.64. The Kier molecular flexibility index (Phi) is 5.24. The quantitative estimate of drug-likeness (QED) is 0.661. The number of hydrogen-bond acceptors (Lipinski definition) is 4. The number of ether oxygens (including phenoxy) is 1. The minimum Gasteiger partial charge on any atom is -0.497 e. The van der Waals surface area contributed by atoms with Crippen LogP contribution in [-0.4, -0.2) is 46.1 Å². The van der Waals surface area contributed by atoms with E-state index in [0.29, 0.717) is 5.59 Å². The van der Waals surface area contributed by atoms with E-state index in [9.17, 15) is 0 Å². The third-order valence-corrected chi connectivity index (χ3v) is 5.28. The summed E-state index contributed by atoms with van der Waals surface area (Å²) >= 11 is 0. The smallest absolute Gasteiger partial charge is 0.141 e. The van der Waals surface area contributed by atoms with Crippen molar-refractivity contribution in [2.75, 3.05) is 43.1 Å². The number of aryl methyl sites for hydroxylation is 1. The largest absolute Gasteiger partial charge is 0.497 e. The molecule has 1 aliphatic heterocycles. The monoisotopic (exact) mass is 369 g/mol. The first-order chi connectivity index (χ1) is 13.6. The fraction of sp³-hybridized carbons (Fsp3) is 0.261. The molecule has 0 aliphatic carbocycles. The maximum atomic E-state index is 6.00. The lowest BCUT2D eigenvalue weighted by Crippen LogP contribution is -2.46. The molecule has 0 saturated carbocycles. The van der Waals surface area contributed by atoms with E-state index >= 15 is 0 Å². The number of nitrogens with zero attached hydrogens (tertiary/aromatic N) is 3. The molecule has 1 fully saturated rings. The van der Waals surface area contributed by atoms with Gasteiger partial charge in [0.1, 0.15) is 13.6 Å². The Morgan fingerprint density at radius 1 is 0.821 bits per heavy atom. The van der Waals surface area contributed by atoms with E-state index in [0.717, 1.165) is 48.9 Å². The second kappa shape index (κ2) is 7.97. The lowest BCUT2D eigenvalue weighted by Gasteiger charge is -2.38. The third kappa shape index (κ3) is 3.84. The highest BCUT2D eigenvalue weighted by Gasteiger charge is 2.21. The van der Waals surface area contributed by atoms with Crippen molar-refractivity contribution < 1.29 is 4.74 Å². The Balaban J connectivity index is 1.53. The Labute approximate surface area is 168 Å². The molecule has 0 bridgehead atoms. The molecular weight excluding hydrogens is 345 g/mol. The van der Waals surface area contributed by atoms with Crippen molar-refractivity contribution in [3.8, 4) is 17.0 Å². The summed E-state index contributed by atoms with van der Waals surface area (Å²) in [6.07, 6.45) is 0. The van der Waals surface area contributed by atoms with E-state index in [2.05, 4.69) is 64.2 Å². The number of rotatable bonds is 4. The second-order valence-corrected chi connectivity index (χ2v) is 7.14. The molecule has 1 aromatic heterocycles. The number of benzene rings is 2. The van der Waals surface area contributed by atoms with Gasteiger partial charge in [-0.05, 0) is 48.9 Å². The molecule has 0 amide bonds. The predicted octanol–water partition coefficient (Wildman–Crippen LogP) is 3.19. The van der Waals surface area contributed by atoms with E-state index in [-0.39, 0.29) is 0 Å². The van der Waals surface area contributed by atoms with Crippen molar-refractivity contribution in [1.29, 1.82) is 0 Å². The summed E-state index contributed by atoms with van der Waals surface area (Å²) in [5.41, 5.74) is 6.23. The molecule has 140 valence electrons. The molecule has 0 N–H and O–H groups in total. The number of methoxy groups -OCH3 is 1. The van der Waals surface area contributed by atoms with Gasteiger partial charge in [-0.15, -0.1) is 0 Å². The van der Waals surface area contributed by atoms with Crippen LogP contribution in [0.2, 0.25) is 0 Å². The molecule has 0 unspecified atom stereocenters. The summed E-state index contributed by atoms with van der Waals surface area (Å²) in [4.78, 5) is 9.47. The molecule has 5 heteroatoms. The number of pyridine rings is 1. The minimum absolute atomic E-state index is 0.552. The molecule has 0 atom stereocenters.